The Morgan fingerprint density at radius 1 is 1.07 bits per heavy atom. The Morgan fingerprint density at radius 2 is 1.80 bits per heavy atom. The Kier molecular flexibility index (Phi) is 2.94. The number of aliphatic hydroxyl groups is 2. The van der Waals surface area contributed by atoms with E-state index in [0.717, 1.165) is 16.8 Å². The minimum absolute atomic E-state index is 0.0320. The zero-order valence-electron chi connectivity index (χ0n) is 8.35. The molecule has 0 spiro atoms. The van der Waals surface area contributed by atoms with E-state index in [1.165, 1.54) is 0 Å². The molecule has 0 radical (unpaired) electrons. The second-order valence-corrected chi connectivity index (χ2v) is 3.47. The van der Waals surface area contributed by atoms with Gasteiger partial charge in [0.15, 0.2) is 0 Å². The normalized spacial score (nSPS) is 15.7. The molecule has 2 N–H and O–H groups in total. The molecule has 0 aromatic heterocycles. The molecule has 3 heteroatoms. The molecule has 2 rings (SSSR count). The molecular formula is C12H13NO2. The van der Waals surface area contributed by atoms with Gasteiger partial charge in [0.2, 0.25) is 0 Å². The molecule has 1 aliphatic heterocycles. The summed E-state index contributed by atoms with van der Waals surface area (Å²) in [6.07, 6.45) is 0.635. The van der Waals surface area contributed by atoms with E-state index in [4.69, 9.17) is 10.2 Å². The smallest absolute Gasteiger partial charge is 0.0853 e. The molecule has 3 nitrogen and oxygen atoms in total. The summed E-state index contributed by atoms with van der Waals surface area (Å²) in [6, 6.07) is 9.81. The van der Waals surface area contributed by atoms with Gasteiger partial charge in [-0.15, -0.1) is 0 Å². The molecule has 0 atom stereocenters. The van der Waals surface area contributed by atoms with E-state index in [-0.39, 0.29) is 13.2 Å². The van der Waals surface area contributed by atoms with E-state index >= 15 is 0 Å². The molecular weight excluding hydrogens is 190 g/mol. The standard InChI is InChI=1S/C12H13NO2/c14-7-10-6-11(13-12(10)8-15)9-4-2-1-3-5-9/h1-5,14-15H,6-8H2. The third kappa shape index (κ3) is 1.98. The molecule has 0 amide bonds. The Bertz CT molecular complexity index is 407. The zero-order chi connectivity index (χ0) is 10.7. The average Bonchev–Trinajstić information content (AvgIpc) is 2.73. The van der Waals surface area contributed by atoms with Crippen LogP contribution in [0.3, 0.4) is 0 Å². The minimum Gasteiger partial charge on any atom is -0.392 e. The SMILES string of the molecule is OCC1=C(CO)N=C(c2ccccc2)C1. The van der Waals surface area contributed by atoms with Crippen LogP contribution in [-0.4, -0.2) is 29.1 Å². The number of hydrogen-bond donors (Lipinski definition) is 2. The van der Waals surface area contributed by atoms with Gasteiger partial charge in [-0.05, 0) is 11.1 Å². The first-order valence-corrected chi connectivity index (χ1v) is 4.90. The molecule has 1 heterocycles. The van der Waals surface area contributed by atoms with E-state index in [1.807, 2.05) is 30.3 Å². The van der Waals surface area contributed by atoms with E-state index in [1.54, 1.807) is 0 Å². The molecule has 0 saturated heterocycles. The number of nitrogens with zero attached hydrogens (tertiary/aromatic N) is 1. The maximum atomic E-state index is 9.09. The van der Waals surface area contributed by atoms with Crippen molar-refractivity contribution < 1.29 is 10.2 Å². The Morgan fingerprint density at radius 3 is 2.33 bits per heavy atom. The van der Waals surface area contributed by atoms with Gasteiger partial charge in [-0.3, -0.25) is 4.99 Å². The molecule has 0 saturated carbocycles. The van der Waals surface area contributed by atoms with Crippen molar-refractivity contribution in [1.29, 1.82) is 0 Å². The topological polar surface area (TPSA) is 52.8 Å². The fourth-order valence-corrected chi connectivity index (χ4v) is 1.68. The summed E-state index contributed by atoms with van der Waals surface area (Å²) in [6.45, 7) is -0.137. The van der Waals surface area contributed by atoms with Gasteiger partial charge < -0.3 is 10.2 Å². The van der Waals surface area contributed by atoms with Gasteiger partial charge in [-0.1, -0.05) is 30.3 Å². The third-order valence-corrected chi connectivity index (χ3v) is 2.51. The van der Waals surface area contributed by atoms with Crippen molar-refractivity contribution in [1.82, 2.24) is 0 Å². The maximum Gasteiger partial charge on any atom is 0.0853 e. The molecule has 0 aliphatic carbocycles. The van der Waals surface area contributed by atoms with Crippen molar-refractivity contribution in [2.45, 2.75) is 6.42 Å². The van der Waals surface area contributed by atoms with Crippen molar-refractivity contribution in [2.75, 3.05) is 13.2 Å². The van der Waals surface area contributed by atoms with Crippen molar-refractivity contribution in [3.63, 3.8) is 0 Å². The zero-order valence-corrected chi connectivity index (χ0v) is 8.35. The monoisotopic (exact) mass is 203 g/mol. The van der Waals surface area contributed by atoms with Crippen molar-refractivity contribution in [2.24, 2.45) is 4.99 Å². The van der Waals surface area contributed by atoms with Crippen LogP contribution in [0.15, 0.2) is 46.6 Å². The van der Waals surface area contributed by atoms with Gasteiger partial charge in [0.25, 0.3) is 0 Å². The predicted octanol–water partition coefficient (Wildman–Crippen LogP) is 1.12. The number of aliphatic imine (C=N–C) groups is 1. The van der Waals surface area contributed by atoms with Crippen LogP contribution >= 0.6 is 0 Å². The number of benzene rings is 1. The van der Waals surface area contributed by atoms with Crippen LogP contribution in [0.4, 0.5) is 0 Å². The molecule has 0 bridgehead atoms. The Hall–Kier alpha value is -1.45. The lowest BCUT2D eigenvalue weighted by molar-refractivity contribution is 0.311. The highest BCUT2D eigenvalue weighted by atomic mass is 16.3. The van der Waals surface area contributed by atoms with Crippen molar-refractivity contribution in [3.05, 3.63) is 47.2 Å². The fraction of sp³-hybridized carbons (Fsp3) is 0.250. The number of hydrogen-bond acceptors (Lipinski definition) is 3. The number of rotatable bonds is 3. The molecule has 0 fully saturated rings. The fourth-order valence-electron chi connectivity index (χ4n) is 1.68. The van der Waals surface area contributed by atoms with Crippen LogP contribution in [0.1, 0.15) is 12.0 Å². The van der Waals surface area contributed by atoms with Crippen LogP contribution in [0.5, 0.6) is 0 Å². The highest BCUT2D eigenvalue weighted by Gasteiger charge is 2.17. The van der Waals surface area contributed by atoms with Crippen molar-refractivity contribution in [3.8, 4) is 0 Å². The summed E-state index contributed by atoms with van der Waals surface area (Å²) < 4.78 is 0. The molecule has 15 heavy (non-hydrogen) atoms. The average molecular weight is 203 g/mol. The summed E-state index contributed by atoms with van der Waals surface area (Å²) in [5.41, 5.74) is 3.39. The second-order valence-electron chi connectivity index (χ2n) is 3.47. The number of aliphatic hydroxyl groups excluding tert-OH is 2. The van der Waals surface area contributed by atoms with Gasteiger partial charge in [0, 0.05) is 6.42 Å². The van der Waals surface area contributed by atoms with Crippen LogP contribution < -0.4 is 0 Å². The Balaban J connectivity index is 2.24. The van der Waals surface area contributed by atoms with Gasteiger partial charge in [0.1, 0.15) is 0 Å². The van der Waals surface area contributed by atoms with Gasteiger partial charge in [-0.25, -0.2) is 0 Å². The molecule has 1 aliphatic rings. The van der Waals surface area contributed by atoms with E-state index in [0.29, 0.717) is 12.1 Å². The summed E-state index contributed by atoms with van der Waals surface area (Å²) in [7, 11) is 0. The first kappa shape index (κ1) is 10.1. The lowest BCUT2D eigenvalue weighted by atomic mass is 10.0. The van der Waals surface area contributed by atoms with Crippen molar-refractivity contribution >= 4 is 5.71 Å². The van der Waals surface area contributed by atoms with Gasteiger partial charge in [-0.2, -0.15) is 0 Å². The lowest BCUT2D eigenvalue weighted by Crippen LogP contribution is -1.99. The highest BCUT2D eigenvalue weighted by Crippen LogP contribution is 2.22. The van der Waals surface area contributed by atoms with E-state index in [9.17, 15) is 0 Å². The lowest BCUT2D eigenvalue weighted by Gasteiger charge is -2.00. The summed E-state index contributed by atoms with van der Waals surface area (Å²) >= 11 is 0. The first-order valence-electron chi connectivity index (χ1n) is 4.90. The predicted molar refractivity (Wildman–Crippen MR) is 58.8 cm³/mol. The summed E-state index contributed by atoms with van der Waals surface area (Å²) in [5.74, 6) is 0. The molecule has 78 valence electrons. The third-order valence-electron chi connectivity index (χ3n) is 2.51. The van der Waals surface area contributed by atoms with Crippen LogP contribution in [0.2, 0.25) is 0 Å². The largest absolute Gasteiger partial charge is 0.392 e. The molecule has 0 unspecified atom stereocenters. The van der Waals surface area contributed by atoms with Gasteiger partial charge >= 0.3 is 0 Å². The summed E-state index contributed by atoms with van der Waals surface area (Å²) in [5, 5.41) is 18.1. The Labute approximate surface area is 88.4 Å². The van der Waals surface area contributed by atoms with E-state index < -0.39 is 0 Å². The second kappa shape index (κ2) is 4.38. The summed E-state index contributed by atoms with van der Waals surface area (Å²) in [4.78, 5) is 4.32. The van der Waals surface area contributed by atoms with Gasteiger partial charge in [0.05, 0.1) is 24.6 Å². The molecule has 1 aromatic rings. The maximum absolute atomic E-state index is 9.09. The first-order chi connectivity index (χ1) is 7.35. The molecule has 1 aromatic carbocycles. The van der Waals surface area contributed by atoms with Crippen LogP contribution in [0.25, 0.3) is 0 Å². The van der Waals surface area contributed by atoms with E-state index in [2.05, 4.69) is 4.99 Å². The highest BCUT2D eigenvalue weighted by molar-refractivity contribution is 6.04. The quantitative estimate of drug-likeness (QED) is 0.773. The van der Waals surface area contributed by atoms with Crippen LogP contribution in [0, 0.1) is 0 Å². The minimum atomic E-state index is -0.105. The van der Waals surface area contributed by atoms with Crippen LogP contribution in [-0.2, 0) is 0 Å².